The van der Waals surface area contributed by atoms with Gasteiger partial charge in [-0.25, -0.2) is 8.42 Å². The van der Waals surface area contributed by atoms with E-state index in [1.165, 1.54) is 5.56 Å². The fourth-order valence-electron chi connectivity index (χ4n) is 3.02. The van der Waals surface area contributed by atoms with E-state index >= 15 is 0 Å². The number of sulfonamides is 1. The lowest BCUT2D eigenvalue weighted by Crippen LogP contribution is -2.28. The molecule has 0 saturated carbocycles. The van der Waals surface area contributed by atoms with Crippen LogP contribution in [0.2, 0.25) is 0 Å². The van der Waals surface area contributed by atoms with Crippen LogP contribution in [0.15, 0.2) is 71.7 Å². The summed E-state index contributed by atoms with van der Waals surface area (Å²) in [6.07, 6.45) is 3.92. The maximum atomic E-state index is 12.9. The first kappa shape index (κ1) is 17.6. The average molecular weight is 353 g/mol. The second-order valence-corrected chi connectivity index (χ2v) is 8.52. The van der Waals surface area contributed by atoms with Crippen molar-refractivity contribution < 1.29 is 8.42 Å². The normalized spacial score (nSPS) is 20.1. The Morgan fingerprint density at radius 1 is 1.00 bits per heavy atom. The molecule has 0 spiro atoms. The molecule has 1 saturated heterocycles. The van der Waals surface area contributed by atoms with Crippen LogP contribution in [-0.4, -0.2) is 25.8 Å². The second-order valence-electron chi connectivity index (χ2n) is 6.58. The molecule has 0 aliphatic carbocycles. The van der Waals surface area contributed by atoms with Crippen LogP contribution >= 0.6 is 0 Å². The standard InChI is InChI=1S/C21H23NO2S/c1-4-19-14-22(25(23,24)21-11-7-17(3)8-12-21)15-20(19)13-18-9-5-16(2)6-10-18/h4-13,19H,1,14-15H2,2-3H3/b20-13-. The lowest BCUT2D eigenvalue weighted by molar-refractivity contribution is 0.471. The van der Waals surface area contributed by atoms with E-state index in [1.54, 1.807) is 16.4 Å². The molecule has 0 N–H and O–H groups in total. The summed E-state index contributed by atoms with van der Waals surface area (Å²) in [6, 6.07) is 15.2. The highest BCUT2D eigenvalue weighted by molar-refractivity contribution is 7.89. The SMILES string of the molecule is C=CC1CN(S(=O)(=O)c2ccc(C)cc2)C/C1=C/c1ccc(C)cc1. The van der Waals surface area contributed by atoms with Crippen molar-refractivity contribution in [1.82, 2.24) is 4.31 Å². The topological polar surface area (TPSA) is 37.4 Å². The van der Waals surface area contributed by atoms with Crippen molar-refractivity contribution in [3.05, 3.63) is 83.4 Å². The van der Waals surface area contributed by atoms with Gasteiger partial charge >= 0.3 is 0 Å². The lowest BCUT2D eigenvalue weighted by atomic mass is 10.00. The molecule has 2 aromatic carbocycles. The fourth-order valence-corrected chi connectivity index (χ4v) is 4.47. The summed E-state index contributed by atoms with van der Waals surface area (Å²) in [6.45, 7) is 8.73. The maximum absolute atomic E-state index is 12.9. The van der Waals surface area contributed by atoms with Gasteiger partial charge in [-0.3, -0.25) is 0 Å². The molecule has 3 rings (SSSR count). The van der Waals surface area contributed by atoms with E-state index in [0.717, 1.165) is 16.7 Å². The van der Waals surface area contributed by atoms with Crippen LogP contribution in [0.25, 0.3) is 6.08 Å². The van der Waals surface area contributed by atoms with Gasteiger partial charge in [-0.2, -0.15) is 4.31 Å². The molecule has 1 heterocycles. The molecular weight excluding hydrogens is 330 g/mol. The van der Waals surface area contributed by atoms with Gasteiger partial charge in [-0.15, -0.1) is 6.58 Å². The number of hydrogen-bond donors (Lipinski definition) is 0. The summed E-state index contributed by atoms with van der Waals surface area (Å²) in [5.74, 6) is 0.0431. The Bertz CT molecular complexity index is 894. The van der Waals surface area contributed by atoms with E-state index in [2.05, 4.69) is 43.8 Å². The van der Waals surface area contributed by atoms with Crippen molar-refractivity contribution in [2.75, 3.05) is 13.1 Å². The number of rotatable bonds is 4. The van der Waals surface area contributed by atoms with Crippen molar-refractivity contribution in [3.63, 3.8) is 0 Å². The van der Waals surface area contributed by atoms with Gasteiger partial charge in [0.2, 0.25) is 10.0 Å². The first-order valence-electron chi connectivity index (χ1n) is 8.36. The molecule has 0 amide bonds. The van der Waals surface area contributed by atoms with E-state index in [-0.39, 0.29) is 5.92 Å². The van der Waals surface area contributed by atoms with Crippen LogP contribution in [0.3, 0.4) is 0 Å². The van der Waals surface area contributed by atoms with Crippen LogP contribution in [0, 0.1) is 19.8 Å². The molecule has 0 bridgehead atoms. The predicted molar refractivity (Wildman–Crippen MR) is 103 cm³/mol. The summed E-state index contributed by atoms with van der Waals surface area (Å²) >= 11 is 0. The van der Waals surface area contributed by atoms with Crippen LogP contribution in [0.5, 0.6) is 0 Å². The zero-order chi connectivity index (χ0) is 18.0. The smallest absolute Gasteiger partial charge is 0.207 e. The van der Waals surface area contributed by atoms with E-state index in [9.17, 15) is 8.42 Å². The van der Waals surface area contributed by atoms with Crippen LogP contribution in [0.4, 0.5) is 0 Å². The molecule has 1 atom stereocenters. The molecule has 1 fully saturated rings. The van der Waals surface area contributed by atoms with Gasteiger partial charge in [0.05, 0.1) is 4.90 Å². The molecule has 1 aliphatic heterocycles. The molecular formula is C21H23NO2S. The minimum absolute atomic E-state index is 0.0431. The predicted octanol–water partition coefficient (Wildman–Crippen LogP) is 4.19. The summed E-state index contributed by atoms with van der Waals surface area (Å²) in [7, 11) is -3.49. The van der Waals surface area contributed by atoms with Crippen molar-refractivity contribution in [1.29, 1.82) is 0 Å². The lowest BCUT2D eigenvalue weighted by Gasteiger charge is -2.15. The van der Waals surface area contributed by atoms with E-state index in [1.807, 2.05) is 25.1 Å². The van der Waals surface area contributed by atoms with Crippen molar-refractivity contribution in [2.45, 2.75) is 18.7 Å². The van der Waals surface area contributed by atoms with Crippen molar-refractivity contribution in [3.8, 4) is 0 Å². The summed E-state index contributed by atoms with van der Waals surface area (Å²) in [4.78, 5) is 0.345. The summed E-state index contributed by atoms with van der Waals surface area (Å²) in [5, 5.41) is 0. The van der Waals surface area contributed by atoms with Gasteiger partial charge in [0.1, 0.15) is 0 Å². The molecule has 4 heteroatoms. The summed E-state index contributed by atoms with van der Waals surface area (Å²) < 4.78 is 27.4. The van der Waals surface area contributed by atoms with Crippen LogP contribution < -0.4 is 0 Å². The Balaban J connectivity index is 1.89. The number of aryl methyl sites for hydroxylation is 2. The third-order valence-corrected chi connectivity index (χ3v) is 6.43. The highest BCUT2D eigenvalue weighted by Crippen LogP contribution is 2.30. The molecule has 0 radical (unpaired) electrons. The molecule has 2 aromatic rings. The minimum Gasteiger partial charge on any atom is -0.207 e. The maximum Gasteiger partial charge on any atom is 0.243 e. The molecule has 3 nitrogen and oxygen atoms in total. The van der Waals surface area contributed by atoms with Gasteiger partial charge in [-0.1, -0.05) is 59.7 Å². The largest absolute Gasteiger partial charge is 0.243 e. The first-order chi connectivity index (χ1) is 11.9. The van der Waals surface area contributed by atoms with Crippen LogP contribution in [-0.2, 0) is 10.0 Å². The van der Waals surface area contributed by atoms with Gasteiger partial charge in [0.25, 0.3) is 0 Å². The Hall–Kier alpha value is -2.17. The zero-order valence-corrected chi connectivity index (χ0v) is 15.5. The van der Waals surface area contributed by atoms with E-state index in [0.29, 0.717) is 18.0 Å². The van der Waals surface area contributed by atoms with Crippen molar-refractivity contribution >= 4 is 16.1 Å². The Labute approximate surface area is 150 Å². The van der Waals surface area contributed by atoms with Gasteiger partial charge in [0.15, 0.2) is 0 Å². The molecule has 1 aliphatic rings. The second kappa shape index (κ2) is 6.98. The minimum atomic E-state index is -3.49. The molecule has 1 unspecified atom stereocenters. The van der Waals surface area contributed by atoms with E-state index in [4.69, 9.17) is 0 Å². The Kier molecular flexibility index (Phi) is 4.93. The quantitative estimate of drug-likeness (QED) is 0.773. The Morgan fingerprint density at radius 3 is 2.12 bits per heavy atom. The summed E-state index contributed by atoms with van der Waals surface area (Å²) in [5.41, 5.74) is 4.42. The molecule has 130 valence electrons. The number of hydrogen-bond acceptors (Lipinski definition) is 2. The van der Waals surface area contributed by atoms with Gasteiger partial charge < -0.3 is 0 Å². The molecule has 25 heavy (non-hydrogen) atoms. The van der Waals surface area contributed by atoms with Crippen molar-refractivity contribution in [2.24, 2.45) is 5.92 Å². The highest BCUT2D eigenvalue weighted by Gasteiger charge is 2.34. The third kappa shape index (κ3) is 3.75. The van der Waals surface area contributed by atoms with Crippen LogP contribution in [0.1, 0.15) is 16.7 Å². The third-order valence-electron chi connectivity index (χ3n) is 4.61. The first-order valence-corrected chi connectivity index (χ1v) is 9.80. The van der Waals surface area contributed by atoms with E-state index < -0.39 is 10.0 Å². The number of benzene rings is 2. The fraction of sp³-hybridized carbons (Fsp3) is 0.238. The molecule has 0 aromatic heterocycles. The van der Waals surface area contributed by atoms with Gasteiger partial charge in [-0.05, 0) is 37.1 Å². The Morgan fingerprint density at radius 2 is 1.56 bits per heavy atom. The monoisotopic (exact) mass is 353 g/mol. The zero-order valence-electron chi connectivity index (χ0n) is 14.6. The highest BCUT2D eigenvalue weighted by atomic mass is 32.2. The number of nitrogens with zero attached hydrogens (tertiary/aromatic N) is 1. The average Bonchev–Trinajstić information content (AvgIpc) is 3.01. The van der Waals surface area contributed by atoms with Gasteiger partial charge in [0, 0.05) is 19.0 Å².